The van der Waals surface area contributed by atoms with Crippen molar-refractivity contribution in [2.24, 2.45) is 5.73 Å². The molecule has 2 N–H and O–H groups in total. The van der Waals surface area contributed by atoms with Crippen molar-refractivity contribution in [3.05, 3.63) is 35.9 Å². The van der Waals surface area contributed by atoms with Crippen LogP contribution in [0.1, 0.15) is 17.9 Å². The van der Waals surface area contributed by atoms with Crippen molar-refractivity contribution in [2.75, 3.05) is 7.11 Å². The van der Waals surface area contributed by atoms with Crippen LogP contribution in [0, 0.1) is 0 Å². The Morgan fingerprint density at radius 2 is 2.12 bits per heavy atom. The molecule has 3 nitrogen and oxygen atoms in total. The highest BCUT2D eigenvalue weighted by Gasteiger charge is 2.37. The number of rotatable bonds is 2. The lowest BCUT2D eigenvalue weighted by molar-refractivity contribution is 0.394. The predicted octanol–water partition coefficient (Wildman–Crippen LogP) is 2.06. The van der Waals surface area contributed by atoms with Gasteiger partial charge in [0.25, 0.3) is 0 Å². The lowest BCUT2D eigenvalue weighted by Crippen LogP contribution is -2.03. The number of fused-ring (bicyclic) bond motifs is 1. The summed E-state index contributed by atoms with van der Waals surface area (Å²) in [4.78, 5) is 4.51. The van der Waals surface area contributed by atoms with Crippen molar-refractivity contribution >= 4 is 10.9 Å². The molecule has 0 spiro atoms. The number of hydrogen-bond acceptors (Lipinski definition) is 3. The van der Waals surface area contributed by atoms with Crippen LogP contribution in [0.5, 0.6) is 5.88 Å². The van der Waals surface area contributed by atoms with Crippen LogP contribution in [0.15, 0.2) is 30.3 Å². The highest BCUT2D eigenvalue weighted by Crippen LogP contribution is 2.43. The van der Waals surface area contributed by atoms with E-state index in [4.69, 9.17) is 10.5 Å². The van der Waals surface area contributed by atoms with E-state index in [0.29, 0.717) is 5.92 Å². The number of nitrogens with two attached hydrogens (primary N) is 1. The van der Waals surface area contributed by atoms with E-state index >= 15 is 0 Å². The normalized spacial score (nSPS) is 23.4. The molecule has 2 aromatic rings. The first-order valence-electron chi connectivity index (χ1n) is 5.49. The number of nitrogens with zero attached hydrogens (tertiary/aromatic N) is 1. The summed E-state index contributed by atoms with van der Waals surface area (Å²) in [5, 5.41) is 1.15. The fourth-order valence-electron chi connectivity index (χ4n) is 2.12. The van der Waals surface area contributed by atoms with Crippen molar-refractivity contribution < 1.29 is 4.74 Å². The average Bonchev–Trinajstić information content (AvgIpc) is 3.04. The molecule has 1 aromatic heterocycles. The van der Waals surface area contributed by atoms with E-state index < -0.39 is 0 Å². The molecule has 0 aliphatic heterocycles. The average molecular weight is 214 g/mol. The van der Waals surface area contributed by atoms with E-state index in [2.05, 4.69) is 17.1 Å². The van der Waals surface area contributed by atoms with Crippen LogP contribution >= 0.6 is 0 Å². The van der Waals surface area contributed by atoms with Crippen molar-refractivity contribution in [1.82, 2.24) is 4.98 Å². The molecule has 1 heterocycles. The van der Waals surface area contributed by atoms with E-state index in [0.717, 1.165) is 28.8 Å². The quantitative estimate of drug-likeness (QED) is 0.832. The van der Waals surface area contributed by atoms with Crippen molar-refractivity contribution in [3.8, 4) is 5.88 Å². The van der Waals surface area contributed by atoms with Gasteiger partial charge in [0.05, 0.1) is 12.6 Å². The maximum absolute atomic E-state index is 5.88. The molecule has 1 fully saturated rings. The fraction of sp³-hybridized carbons (Fsp3) is 0.308. The van der Waals surface area contributed by atoms with Gasteiger partial charge >= 0.3 is 0 Å². The summed E-state index contributed by atoms with van der Waals surface area (Å²) >= 11 is 0. The Morgan fingerprint density at radius 1 is 1.38 bits per heavy atom. The maximum Gasteiger partial charge on any atom is 0.217 e. The van der Waals surface area contributed by atoms with Crippen molar-refractivity contribution in [3.63, 3.8) is 0 Å². The molecule has 1 aromatic carbocycles. The fourth-order valence-corrected chi connectivity index (χ4v) is 2.12. The van der Waals surface area contributed by atoms with E-state index in [1.807, 2.05) is 18.2 Å². The van der Waals surface area contributed by atoms with Gasteiger partial charge in [-0.3, -0.25) is 0 Å². The molecule has 3 heteroatoms. The van der Waals surface area contributed by atoms with Crippen LogP contribution < -0.4 is 10.5 Å². The Bertz CT molecular complexity index is 538. The first-order chi connectivity index (χ1) is 7.79. The smallest absolute Gasteiger partial charge is 0.217 e. The summed E-state index contributed by atoms with van der Waals surface area (Å²) in [5.74, 6) is 1.14. The Morgan fingerprint density at radius 3 is 2.81 bits per heavy atom. The zero-order valence-electron chi connectivity index (χ0n) is 9.18. The van der Waals surface area contributed by atoms with Gasteiger partial charge in [0.1, 0.15) is 0 Å². The number of ether oxygens (including phenoxy) is 1. The molecule has 1 aliphatic rings. The van der Waals surface area contributed by atoms with Crippen LogP contribution in [-0.4, -0.2) is 18.1 Å². The maximum atomic E-state index is 5.88. The molecular formula is C13H14N2O. The minimum atomic E-state index is 0.275. The molecule has 3 rings (SSSR count). The number of methoxy groups -OCH3 is 1. The van der Waals surface area contributed by atoms with Gasteiger partial charge in [-0.05, 0) is 18.6 Å². The molecule has 0 saturated heterocycles. The highest BCUT2D eigenvalue weighted by molar-refractivity contribution is 5.80. The second-order valence-electron chi connectivity index (χ2n) is 4.29. The molecule has 2 atom stereocenters. The van der Waals surface area contributed by atoms with Crippen LogP contribution in [0.2, 0.25) is 0 Å². The van der Waals surface area contributed by atoms with Gasteiger partial charge in [0.2, 0.25) is 5.88 Å². The third-order valence-electron chi connectivity index (χ3n) is 3.15. The van der Waals surface area contributed by atoms with Crippen molar-refractivity contribution in [2.45, 2.75) is 18.4 Å². The third kappa shape index (κ3) is 1.44. The minimum Gasteiger partial charge on any atom is -0.481 e. The monoisotopic (exact) mass is 214 g/mol. The SMILES string of the molecule is COc1nc2ccccc2cc1[C@@H]1C[C@H]1N. The van der Waals surface area contributed by atoms with Crippen LogP contribution in [0.3, 0.4) is 0 Å². The summed E-state index contributed by atoms with van der Waals surface area (Å²) in [5.41, 5.74) is 8.00. The van der Waals surface area contributed by atoms with Gasteiger partial charge in [-0.15, -0.1) is 0 Å². The second-order valence-corrected chi connectivity index (χ2v) is 4.29. The van der Waals surface area contributed by atoms with Gasteiger partial charge in [0.15, 0.2) is 0 Å². The molecule has 16 heavy (non-hydrogen) atoms. The molecule has 0 bridgehead atoms. The predicted molar refractivity (Wildman–Crippen MR) is 63.6 cm³/mol. The zero-order chi connectivity index (χ0) is 11.1. The molecule has 1 saturated carbocycles. The Balaban J connectivity index is 2.18. The Kier molecular flexibility index (Phi) is 2.07. The number of benzene rings is 1. The Hall–Kier alpha value is -1.61. The summed E-state index contributed by atoms with van der Waals surface area (Å²) in [6, 6.07) is 10.5. The second kappa shape index (κ2) is 3.46. The first-order valence-corrected chi connectivity index (χ1v) is 5.49. The lowest BCUT2D eigenvalue weighted by atomic mass is 10.1. The summed E-state index contributed by atoms with van der Waals surface area (Å²) in [7, 11) is 1.66. The number of para-hydroxylation sites is 1. The highest BCUT2D eigenvalue weighted by atomic mass is 16.5. The summed E-state index contributed by atoms with van der Waals surface area (Å²) in [6.07, 6.45) is 1.04. The van der Waals surface area contributed by atoms with Gasteiger partial charge in [-0.25, -0.2) is 4.98 Å². The summed E-state index contributed by atoms with van der Waals surface area (Å²) in [6.45, 7) is 0. The molecule has 1 aliphatic carbocycles. The van der Waals surface area contributed by atoms with E-state index in [1.165, 1.54) is 0 Å². The van der Waals surface area contributed by atoms with Gasteiger partial charge < -0.3 is 10.5 Å². The summed E-state index contributed by atoms with van der Waals surface area (Å²) < 4.78 is 5.34. The third-order valence-corrected chi connectivity index (χ3v) is 3.15. The van der Waals surface area contributed by atoms with E-state index in [1.54, 1.807) is 7.11 Å². The van der Waals surface area contributed by atoms with E-state index in [9.17, 15) is 0 Å². The number of hydrogen-bond donors (Lipinski definition) is 1. The molecule has 0 radical (unpaired) electrons. The zero-order valence-corrected chi connectivity index (χ0v) is 9.18. The van der Waals surface area contributed by atoms with Crippen LogP contribution in [0.25, 0.3) is 10.9 Å². The molecular weight excluding hydrogens is 200 g/mol. The standard InChI is InChI=1S/C13H14N2O/c1-16-13-10(9-7-11(9)14)6-8-4-2-3-5-12(8)15-13/h2-6,9,11H,7,14H2,1H3/t9-,11+/m0/s1. The van der Waals surface area contributed by atoms with Gasteiger partial charge in [-0.1, -0.05) is 18.2 Å². The Labute approximate surface area is 94.2 Å². The number of aromatic nitrogens is 1. The molecule has 82 valence electrons. The van der Waals surface area contributed by atoms with Crippen LogP contribution in [-0.2, 0) is 0 Å². The van der Waals surface area contributed by atoms with E-state index in [-0.39, 0.29) is 6.04 Å². The topological polar surface area (TPSA) is 48.1 Å². The number of pyridine rings is 1. The first kappa shape index (κ1) is 9.60. The molecule has 0 amide bonds. The largest absolute Gasteiger partial charge is 0.481 e. The van der Waals surface area contributed by atoms with Crippen LogP contribution in [0.4, 0.5) is 0 Å². The molecule has 0 unspecified atom stereocenters. The van der Waals surface area contributed by atoms with Crippen molar-refractivity contribution in [1.29, 1.82) is 0 Å². The minimum absolute atomic E-state index is 0.275. The van der Waals surface area contributed by atoms with Gasteiger partial charge in [-0.2, -0.15) is 0 Å². The lowest BCUT2D eigenvalue weighted by Gasteiger charge is -2.08. The van der Waals surface area contributed by atoms with Gasteiger partial charge in [0, 0.05) is 22.9 Å².